The Balaban J connectivity index is 1.74. The minimum absolute atomic E-state index is 0.190. The second-order valence-corrected chi connectivity index (χ2v) is 5.26. The standard InChI is InChI=1S/C14H16ClN3O2/c15-11-3-4-12(18-9-11)20-8-7-17-13(19)14(10-16)5-1-2-6-14/h3-4,9H,1-2,5-8H2,(H,17,19). The Kier molecular flexibility index (Phi) is 4.80. The van der Waals surface area contributed by atoms with E-state index < -0.39 is 5.41 Å². The Bertz CT molecular complexity index is 504. The van der Waals surface area contributed by atoms with E-state index in [9.17, 15) is 10.1 Å². The molecule has 1 aromatic rings. The van der Waals surface area contributed by atoms with Crippen LogP contribution in [-0.2, 0) is 4.79 Å². The van der Waals surface area contributed by atoms with Crippen LogP contribution in [0.5, 0.6) is 5.88 Å². The van der Waals surface area contributed by atoms with Crippen molar-refractivity contribution in [3.05, 3.63) is 23.4 Å². The average Bonchev–Trinajstić information content (AvgIpc) is 2.95. The molecule has 1 heterocycles. The van der Waals surface area contributed by atoms with Crippen molar-refractivity contribution in [2.24, 2.45) is 5.41 Å². The maximum absolute atomic E-state index is 12.0. The summed E-state index contributed by atoms with van der Waals surface area (Å²) in [6.07, 6.45) is 4.67. The number of nitriles is 1. The third-order valence-electron chi connectivity index (χ3n) is 3.44. The predicted molar refractivity (Wildman–Crippen MR) is 74.3 cm³/mol. The average molecular weight is 294 g/mol. The van der Waals surface area contributed by atoms with Gasteiger partial charge in [0.25, 0.3) is 0 Å². The minimum atomic E-state index is -0.835. The molecule has 1 aliphatic rings. The molecule has 1 N–H and O–H groups in total. The van der Waals surface area contributed by atoms with Crippen molar-refractivity contribution in [3.8, 4) is 11.9 Å². The molecule has 0 atom stereocenters. The zero-order chi connectivity index (χ0) is 14.4. The van der Waals surface area contributed by atoms with Crippen LogP contribution in [0.4, 0.5) is 0 Å². The van der Waals surface area contributed by atoms with E-state index in [0.29, 0.717) is 36.9 Å². The van der Waals surface area contributed by atoms with Crippen molar-refractivity contribution in [2.75, 3.05) is 13.2 Å². The zero-order valence-electron chi connectivity index (χ0n) is 11.1. The van der Waals surface area contributed by atoms with Crippen LogP contribution in [0.2, 0.25) is 5.02 Å². The number of halogens is 1. The second-order valence-electron chi connectivity index (χ2n) is 4.82. The topological polar surface area (TPSA) is 75.0 Å². The molecule has 0 spiro atoms. The highest BCUT2D eigenvalue weighted by Crippen LogP contribution is 2.37. The molecule has 1 aliphatic carbocycles. The van der Waals surface area contributed by atoms with E-state index in [4.69, 9.17) is 16.3 Å². The summed E-state index contributed by atoms with van der Waals surface area (Å²) in [4.78, 5) is 16.0. The number of amides is 1. The fraction of sp³-hybridized carbons (Fsp3) is 0.500. The van der Waals surface area contributed by atoms with Gasteiger partial charge in [0.15, 0.2) is 0 Å². The van der Waals surface area contributed by atoms with Crippen molar-refractivity contribution in [2.45, 2.75) is 25.7 Å². The molecule has 1 amide bonds. The lowest BCUT2D eigenvalue weighted by atomic mass is 9.87. The van der Waals surface area contributed by atoms with Gasteiger partial charge in [-0.15, -0.1) is 0 Å². The maximum Gasteiger partial charge on any atom is 0.240 e. The SMILES string of the molecule is N#CC1(C(=O)NCCOc2ccc(Cl)cn2)CCCC1. The summed E-state index contributed by atoms with van der Waals surface area (Å²) in [5.41, 5.74) is -0.835. The van der Waals surface area contributed by atoms with E-state index in [0.717, 1.165) is 12.8 Å². The van der Waals surface area contributed by atoms with Crippen LogP contribution in [0.3, 0.4) is 0 Å². The van der Waals surface area contributed by atoms with Crippen molar-refractivity contribution < 1.29 is 9.53 Å². The molecule has 5 nitrogen and oxygen atoms in total. The van der Waals surface area contributed by atoms with Crippen LogP contribution in [0.15, 0.2) is 18.3 Å². The maximum atomic E-state index is 12.0. The lowest BCUT2D eigenvalue weighted by molar-refractivity contribution is -0.128. The number of nitrogens with one attached hydrogen (secondary N) is 1. The molecule has 20 heavy (non-hydrogen) atoms. The molecule has 0 aliphatic heterocycles. The molecule has 0 bridgehead atoms. The monoisotopic (exact) mass is 293 g/mol. The fourth-order valence-electron chi connectivity index (χ4n) is 2.31. The molecule has 6 heteroatoms. The number of ether oxygens (including phenoxy) is 1. The zero-order valence-corrected chi connectivity index (χ0v) is 11.8. The van der Waals surface area contributed by atoms with Crippen LogP contribution < -0.4 is 10.1 Å². The lowest BCUT2D eigenvalue weighted by Crippen LogP contribution is -2.40. The van der Waals surface area contributed by atoms with Gasteiger partial charge in [-0.2, -0.15) is 5.26 Å². The predicted octanol–water partition coefficient (Wildman–Crippen LogP) is 2.31. The van der Waals surface area contributed by atoms with E-state index in [1.54, 1.807) is 12.1 Å². The molecule has 106 valence electrons. The third kappa shape index (κ3) is 3.40. The number of carbonyl (C=O) groups is 1. The Morgan fingerprint density at radius 1 is 1.50 bits per heavy atom. The summed E-state index contributed by atoms with van der Waals surface area (Å²) in [6, 6.07) is 5.51. The summed E-state index contributed by atoms with van der Waals surface area (Å²) < 4.78 is 5.37. The number of rotatable bonds is 5. The van der Waals surface area contributed by atoms with Gasteiger partial charge in [-0.05, 0) is 18.9 Å². The number of aromatic nitrogens is 1. The van der Waals surface area contributed by atoms with Crippen LogP contribution >= 0.6 is 11.6 Å². The normalized spacial score (nSPS) is 16.4. The van der Waals surface area contributed by atoms with Gasteiger partial charge < -0.3 is 10.1 Å². The van der Waals surface area contributed by atoms with Gasteiger partial charge in [-0.25, -0.2) is 4.98 Å². The first kappa shape index (κ1) is 14.6. The number of carbonyl (C=O) groups excluding carboxylic acids is 1. The molecular weight excluding hydrogens is 278 g/mol. The van der Waals surface area contributed by atoms with E-state index in [1.807, 2.05) is 0 Å². The first-order chi connectivity index (χ1) is 9.66. The van der Waals surface area contributed by atoms with Crippen LogP contribution in [0, 0.1) is 16.7 Å². The van der Waals surface area contributed by atoms with Crippen LogP contribution in [0.25, 0.3) is 0 Å². The highest BCUT2D eigenvalue weighted by atomic mass is 35.5. The van der Waals surface area contributed by atoms with E-state index in [1.165, 1.54) is 6.20 Å². The summed E-state index contributed by atoms with van der Waals surface area (Å²) in [6.45, 7) is 0.661. The Morgan fingerprint density at radius 3 is 2.85 bits per heavy atom. The molecule has 0 aromatic carbocycles. The highest BCUT2D eigenvalue weighted by Gasteiger charge is 2.41. The van der Waals surface area contributed by atoms with Crippen molar-refractivity contribution in [1.29, 1.82) is 5.26 Å². The van der Waals surface area contributed by atoms with E-state index in [2.05, 4.69) is 16.4 Å². The molecule has 1 aromatic heterocycles. The molecule has 0 saturated heterocycles. The van der Waals surface area contributed by atoms with Gasteiger partial charge in [0.1, 0.15) is 12.0 Å². The van der Waals surface area contributed by atoms with Crippen LogP contribution in [-0.4, -0.2) is 24.0 Å². The highest BCUT2D eigenvalue weighted by molar-refractivity contribution is 6.30. The largest absolute Gasteiger partial charge is 0.476 e. The summed E-state index contributed by atoms with van der Waals surface area (Å²) in [5.74, 6) is 0.268. The van der Waals surface area contributed by atoms with Gasteiger partial charge in [0.2, 0.25) is 11.8 Å². The minimum Gasteiger partial charge on any atom is -0.476 e. The smallest absolute Gasteiger partial charge is 0.240 e. The summed E-state index contributed by atoms with van der Waals surface area (Å²) >= 11 is 5.71. The van der Waals surface area contributed by atoms with Gasteiger partial charge in [-0.1, -0.05) is 24.4 Å². The van der Waals surface area contributed by atoms with Gasteiger partial charge >= 0.3 is 0 Å². The van der Waals surface area contributed by atoms with E-state index >= 15 is 0 Å². The second kappa shape index (κ2) is 6.58. The molecule has 0 unspecified atom stereocenters. The summed E-state index contributed by atoms with van der Waals surface area (Å²) in [7, 11) is 0. The molecular formula is C14H16ClN3O2. The fourth-order valence-corrected chi connectivity index (χ4v) is 2.42. The molecule has 1 saturated carbocycles. The Morgan fingerprint density at radius 2 is 2.25 bits per heavy atom. The van der Waals surface area contributed by atoms with Gasteiger partial charge in [0.05, 0.1) is 17.6 Å². The van der Waals surface area contributed by atoms with E-state index in [-0.39, 0.29) is 5.91 Å². The quantitative estimate of drug-likeness (QED) is 0.845. The van der Waals surface area contributed by atoms with Crippen LogP contribution in [0.1, 0.15) is 25.7 Å². The van der Waals surface area contributed by atoms with Crippen molar-refractivity contribution in [1.82, 2.24) is 10.3 Å². The van der Waals surface area contributed by atoms with Gasteiger partial charge in [-0.3, -0.25) is 4.79 Å². The Hall–Kier alpha value is -1.80. The first-order valence-corrected chi connectivity index (χ1v) is 6.98. The molecule has 1 fully saturated rings. The first-order valence-electron chi connectivity index (χ1n) is 6.60. The van der Waals surface area contributed by atoms with Crippen molar-refractivity contribution in [3.63, 3.8) is 0 Å². The lowest BCUT2D eigenvalue weighted by Gasteiger charge is -2.19. The number of pyridine rings is 1. The van der Waals surface area contributed by atoms with Gasteiger partial charge in [0, 0.05) is 12.3 Å². The third-order valence-corrected chi connectivity index (χ3v) is 3.67. The summed E-state index contributed by atoms with van der Waals surface area (Å²) in [5, 5.41) is 12.5. The number of nitrogens with zero attached hydrogens (tertiary/aromatic N) is 2. The van der Waals surface area contributed by atoms with Crippen molar-refractivity contribution >= 4 is 17.5 Å². The Labute approximate surface area is 122 Å². The number of hydrogen-bond acceptors (Lipinski definition) is 4. The molecule has 0 radical (unpaired) electrons. The molecule has 2 rings (SSSR count). The number of hydrogen-bond donors (Lipinski definition) is 1.